The van der Waals surface area contributed by atoms with Crippen LogP contribution < -0.4 is 0 Å². The zero-order chi connectivity index (χ0) is 16.2. The van der Waals surface area contributed by atoms with E-state index in [4.69, 9.17) is 4.74 Å². The second-order valence-electron chi connectivity index (χ2n) is 8.40. The fourth-order valence-corrected chi connectivity index (χ4v) is 4.00. The van der Waals surface area contributed by atoms with E-state index in [1.807, 2.05) is 7.11 Å². The molecule has 0 saturated carbocycles. The van der Waals surface area contributed by atoms with Crippen LogP contribution in [0.4, 0.5) is 0 Å². The minimum atomic E-state index is -0.0711. The zero-order valence-corrected chi connectivity index (χ0v) is 14.7. The minimum Gasteiger partial charge on any atom is -0.378 e. The molecule has 1 aromatic carbocycles. The Morgan fingerprint density at radius 2 is 1.73 bits per heavy atom. The number of benzene rings is 1. The summed E-state index contributed by atoms with van der Waals surface area (Å²) in [6.45, 7) is 11.4. The molecule has 118 valence electrons. The van der Waals surface area contributed by atoms with E-state index in [1.165, 1.54) is 16.7 Å². The molecule has 22 heavy (non-hydrogen) atoms. The second-order valence-corrected chi connectivity index (χ2v) is 8.40. The predicted octanol–water partition coefficient (Wildman–Crippen LogP) is 5.37. The maximum absolute atomic E-state index is 5.83. The molecule has 0 N–H and O–H groups in total. The molecule has 4 rings (SSSR count). The molecule has 0 fully saturated rings. The van der Waals surface area contributed by atoms with Crippen molar-refractivity contribution in [2.45, 2.75) is 52.1 Å². The average molecular weight is 296 g/mol. The first-order valence-corrected chi connectivity index (χ1v) is 8.26. The van der Waals surface area contributed by atoms with E-state index in [9.17, 15) is 0 Å². The summed E-state index contributed by atoms with van der Waals surface area (Å²) in [6, 6.07) is 9.13. The molecule has 1 aromatic rings. The van der Waals surface area contributed by atoms with Crippen molar-refractivity contribution in [3.05, 3.63) is 53.6 Å². The van der Waals surface area contributed by atoms with Gasteiger partial charge in [0.05, 0.1) is 5.60 Å². The lowest BCUT2D eigenvalue weighted by atomic mass is 9.59. The van der Waals surface area contributed by atoms with Gasteiger partial charge in [0.25, 0.3) is 0 Å². The molecule has 0 heterocycles. The van der Waals surface area contributed by atoms with E-state index < -0.39 is 0 Å². The number of rotatable bonds is 2. The SMILES string of the molecule is COC1(C)CC2(C)C=CC1C=C2c1ccc(C(C)(C)C)cc1. The van der Waals surface area contributed by atoms with Gasteiger partial charge in [-0.05, 0) is 35.5 Å². The second kappa shape index (κ2) is 4.83. The molecule has 0 aliphatic heterocycles. The Morgan fingerprint density at radius 3 is 2.23 bits per heavy atom. The van der Waals surface area contributed by atoms with E-state index in [-0.39, 0.29) is 16.4 Å². The van der Waals surface area contributed by atoms with Gasteiger partial charge in [-0.3, -0.25) is 0 Å². The Balaban J connectivity index is 1.99. The molecule has 3 unspecified atom stereocenters. The lowest BCUT2D eigenvalue weighted by molar-refractivity contribution is -0.0461. The van der Waals surface area contributed by atoms with Crippen LogP contribution in [0.15, 0.2) is 42.5 Å². The number of methoxy groups -OCH3 is 1. The molecule has 0 aromatic heterocycles. The molecule has 0 spiro atoms. The summed E-state index contributed by atoms with van der Waals surface area (Å²) in [7, 11) is 1.84. The smallest absolute Gasteiger partial charge is 0.0759 e. The van der Waals surface area contributed by atoms with Crippen molar-refractivity contribution in [1.82, 2.24) is 0 Å². The Bertz CT molecular complexity index is 629. The van der Waals surface area contributed by atoms with E-state index in [2.05, 4.69) is 77.1 Å². The van der Waals surface area contributed by atoms with Crippen LogP contribution in [0.25, 0.3) is 5.57 Å². The van der Waals surface area contributed by atoms with Gasteiger partial charge >= 0.3 is 0 Å². The highest BCUT2D eigenvalue weighted by Crippen LogP contribution is 2.54. The highest BCUT2D eigenvalue weighted by molar-refractivity contribution is 5.75. The Morgan fingerprint density at radius 1 is 1.09 bits per heavy atom. The molecular weight excluding hydrogens is 268 g/mol. The molecule has 2 bridgehead atoms. The first-order valence-electron chi connectivity index (χ1n) is 8.26. The molecule has 0 saturated heterocycles. The molecule has 0 radical (unpaired) electrons. The molecular formula is C21H28O. The molecule has 1 nitrogen and oxygen atoms in total. The van der Waals surface area contributed by atoms with Crippen LogP contribution in [-0.4, -0.2) is 12.7 Å². The molecule has 3 atom stereocenters. The van der Waals surface area contributed by atoms with Gasteiger partial charge in [0.1, 0.15) is 0 Å². The molecule has 0 amide bonds. The fourth-order valence-electron chi connectivity index (χ4n) is 4.00. The van der Waals surface area contributed by atoms with Crippen LogP contribution in [0.5, 0.6) is 0 Å². The lowest BCUT2D eigenvalue weighted by Gasteiger charge is -2.50. The van der Waals surface area contributed by atoms with Gasteiger partial charge in [0.2, 0.25) is 0 Å². The van der Waals surface area contributed by atoms with Crippen LogP contribution in [0.2, 0.25) is 0 Å². The van der Waals surface area contributed by atoms with Gasteiger partial charge in [-0.25, -0.2) is 0 Å². The summed E-state index contributed by atoms with van der Waals surface area (Å²) in [5.41, 5.74) is 4.40. The van der Waals surface area contributed by atoms with Crippen molar-refractivity contribution < 1.29 is 4.74 Å². The molecule has 3 aliphatic rings. The van der Waals surface area contributed by atoms with E-state index >= 15 is 0 Å². The minimum absolute atomic E-state index is 0.0711. The number of allylic oxidation sites excluding steroid dienone is 2. The van der Waals surface area contributed by atoms with Gasteiger partial charge in [-0.2, -0.15) is 0 Å². The van der Waals surface area contributed by atoms with Crippen molar-refractivity contribution in [2.75, 3.05) is 7.11 Å². The van der Waals surface area contributed by atoms with Gasteiger partial charge in [0, 0.05) is 18.4 Å². The largest absolute Gasteiger partial charge is 0.378 e. The Labute approximate surface area is 135 Å². The molecule has 3 aliphatic carbocycles. The van der Waals surface area contributed by atoms with Crippen LogP contribution in [0, 0.1) is 11.3 Å². The average Bonchev–Trinajstić information content (AvgIpc) is 2.46. The normalized spacial score (nSPS) is 33.9. The monoisotopic (exact) mass is 296 g/mol. The Hall–Kier alpha value is -1.34. The summed E-state index contributed by atoms with van der Waals surface area (Å²) in [5, 5.41) is 0. The van der Waals surface area contributed by atoms with E-state index in [1.54, 1.807) is 0 Å². The van der Waals surface area contributed by atoms with Crippen LogP contribution in [-0.2, 0) is 10.2 Å². The van der Waals surface area contributed by atoms with Crippen molar-refractivity contribution >= 4 is 5.57 Å². The number of hydrogen-bond acceptors (Lipinski definition) is 1. The van der Waals surface area contributed by atoms with Crippen molar-refractivity contribution in [3.63, 3.8) is 0 Å². The summed E-state index contributed by atoms with van der Waals surface area (Å²) in [4.78, 5) is 0. The van der Waals surface area contributed by atoms with Gasteiger partial charge in [-0.15, -0.1) is 0 Å². The summed E-state index contributed by atoms with van der Waals surface area (Å²) >= 11 is 0. The lowest BCUT2D eigenvalue weighted by Crippen LogP contribution is -2.46. The maximum Gasteiger partial charge on any atom is 0.0759 e. The number of ether oxygens (including phenoxy) is 1. The third kappa shape index (κ3) is 2.36. The summed E-state index contributed by atoms with van der Waals surface area (Å²) in [6.07, 6.45) is 8.16. The van der Waals surface area contributed by atoms with E-state index in [0.717, 1.165) is 6.42 Å². The summed E-state index contributed by atoms with van der Waals surface area (Å²) < 4.78 is 5.83. The van der Waals surface area contributed by atoms with Crippen LogP contribution in [0.1, 0.15) is 52.2 Å². The van der Waals surface area contributed by atoms with E-state index in [0.29, 0.717) is 5.92 Å². The van der Waals surface area contributed by atoms with Crippen molar-refractivity contribution in [3.8, 4) is 0 Å². The number of fused-ring (bicyclic) bond motifs is 1. The highest BCUT2D eigenvalue weighted by atomic mass is 16.5. The zero-order valence-electron chi connectivity index (χ0n) is 14.7. The van der Waals surface area contributed by atoms with Gasteiger partial charge in [-0.1, -0.05) is 70.2 Å². The maximum atomic E-state index is 5.83. The third-order valence-corrected chi connectivity index (χ3v) is 5.58. The van der Waals surface area contributed by atoms with Gasteiger partial charge < -0.3 is 4.74 Å². The van der Waals surface area contributed by atoms with Crippen molar-refractivity contribution in [1.29, 1.82) is 0 Å². The Kier molecular flexibility index (Phi) is 3.41. The third-order valence-electron chi connectivity index (χ3n) is 5.58. The van der Waals surface area contributed by atoms with Gasteiger partial charge in [0.15, 0.2) is 0 Å². The first-order chi connectivity index (χ1) is 10.2. The van der Waals surface area contributed by atoms with Crippen molar-refractivity contribution in [2.24, 2.45) is 11.3 Å². The quantitative estimate of drug-likeness (QED) is 0.667. The predicted molar refractivity (Wildman–Crippen MR) is 93.9 cm³/mol. The summed E-state index contributed by atoms with van der Waals surface area (Å²) in [5.74, 6) is 0.372. The topological polar surface area (TPSA) is 9.23 Å². The van der Waals surface area contributed by atoms with Crippen LogP contribution >= 0.6 is 0 Å². The van der Waals surface area contributed by atoms with Crippen LogP contribution in [0.3, 0.4) is 0 Å². The highest BCUT2D eigenvalue weighted by Gasteiger charge is 2.48. The first kappa shape index (κ1) is 15.6. The fraction of sp³-hybridized carbons (Fsp3) is 0.524. The molecule has 1 heteroatoms. The number of hydrogen-bond donors (Lipinski definition) is 0. The standard InChI is InChI=1S/C21H28O/c1-19(2,3)16-9-7-15(8-10-16)18-13-17-11-12-20(18,4)14-21(17,5)22-6/h7-13,17H,14H2,1-6H3.